The molecule has 0 bridgehead atoms. The van der Waals surface area contributed by atoms with Crippen molar-refractivity contribution in [3.8, 4) is 17.0 Å². The van der Waals surface area contributed by atoms with Gasteiger partial charge in [0, 0.05) is 36.8 Å². The van der Waals surface area contributed by atoms with E-state index in [-0.39, 0.29) is 11.8 Å². The third-order valence-corrected chi connectivity index (χ3v) is 4.46. The Morgan fingerprint density at radius 2 is 2.08 bits per heavy atom. The molecule has 1 fully saturated rings. The average molecular weight is 334 g/mol. The summed E-state index contributed by atoms with van der Waals surface area (Å²) in [7, 11) is 1.61. The smallest absolute Gasteiger partial charge is 0.227 e. The predicted molar refractivity (Wildman–Crippen MR) is 94.5 cm³/mol. The molecular formula is C19H18N4O2. The van der Waals surface area contributed by atoms with Gasteiger partial charge in [0.15, 0.2) is 0 Å². The van der Waals surface area contributed by atoms with Gasteiger partial charge >= 0.3 is 0 Å². The van der Waals surface area contributed by atoms with Crippen LogP contribution in [-0.2, 0) is 4.79 Å². The molecular weight excluding hydrogens is 316 g/mol. The minimum Gasteiger partial charge on any atom is -0.495 e. The van der Waals surface area contributed by atoms with Crippen molar-refractivity contribution in [2.24, 2.45) is 0 Å². The lowest BCUT2D eigenvalue weighted by atomic mass is 10.1. The Labute approximate surface area is 145 Å². The number of rotatable bonds is 4. The lowest BCUT2D eigenvalue weighted by Gasteiger charge is -2.19. The Bertz CT molecular complexity index is 891. The van der Waals surface area contributed by atoms with E-state index in [1.807, 2.05) is 36.4 Å². The number of imidazole rings is 1. The minimum atomic E-state index is 0.0304. The summed E-state index contributed by atoms with van der Waals surface area (Å²) in [6.07, 6.45) is 5.75. The van der Waals surface area contributed by atoms with Crippen molar-refractivity contribution in [1.29, 1.82) is 0 Å². The number of aromatic nitrogens is 3. The number of nitrogens with one attached hydrogen (secondary N) is 1. The molecule has 0 aliphatic carbocycles. The number of aromatic amines is 1. The van der Waals surface area contributed by atoms with Gasteiger partial charge in [-0.2, -0.15) is 0 Å². The monoisotopic (exact) mass is 334 g/mol. The second-order valence-electron chi connectivity index (χ2n) is 6.00. The zero-order valence-electron chi connectivity index (χ0n) is 13.8. The number of anilines is 1. The number of carbonyl (C=O) groups excluding carboxylic acids is 1. The molecule has 2 aromatic heterocycles. The Morgan fingerprint density at radius 1 is 1.20 bits per heavy atom. The maximum absolute atomic E-state index is 12.5. The van der Waals surface area contributed by atoms with Crippen LogP contribution in [0.5, 0.6) is 5.75 Å². The fourth-order valence-corrected chi connectivity index (χ4v) is 3.19. The number of amides is 1. The van der Waals surface area contributed by atoms with Crippen LogP contribution in [0.2, 0.25) is 0 Å². The average Bonchev–Trinajstić information content (AvgIpc) is 3.29. The van der Waals surface area contributed by atoms with Crippen molar-refractivity contribution in [3.63, 3.8) is 0 Å². The van der Waals surface area contributed by atoms with Crippen LogP contribution in [0.15, 0.2) is 55.0 Å². The van der Waals surface area contributed by atoms with Crippen molar-refractivity contribution in [3.05, 3.63) is 60.8 Å². The summed E-state index contributed by atoms with van der Waals surface area (Å²) in [5, 5.41) is 0. The van der Waals surface area contributed by atoms with E-state index in [1.54, 1.807) is 30.6 Å². The maximum Gasteiger partial charge on any atom is 0.227 e. The maximum atomic E-state index is 12.5. The highest BCUT2D eigenvalue weighted by Gasteiger charge is 2.34. The van der Waals surface area contributed by atoms with E-state index in [2.05, 4.69) is 15.0 Å². The third kappa shape index (κ3) is 2.87. The third-order valence-electron chi connectivity index (χ3n) is 4.46. The van der Waals surface area contributed by atoms with E-state index in [0.29, 0.717) is 18.7 Å². The molecule has 0 unspecified atom stereocenters. The Hall–Kier alpha value is -3.15. The molecule has 4 rings (SSSR count). The number of carbonyl (C=O) groups is 1. The van der Waals surface area contributed by atoms with Crippen LogP contribution in [0, 0.1) is 0 Å². The number of para-hydroxylation sites is 2. The Balaban J connectivity index is 1.58. The van der Waals surface area contributed by atoms with Crippen molar-refractivity contribution in [2.45, 2.75) is 12.3 Å². The van der Waals surface area contributed by atoms with Crippen LogP contribution in [0.4, 0.5) is 5.69 Å². The van der Waals surface area contributed by atoms with Crippen LogP contribution < -0.4 is 9.64 Å². The molecule has 6 heteroatoms. The summed E-state index contributed by atoms with van der Waals surface area (Å²) >= 11 is 0. The molecule has 1 saturated heterocycles. The zero-order valence-corrected chi connectivity index (χ0v) is 13.8. The second kappa shape index (κ2) is 6.39. The number of ether oxygens (including phenoxy) is 1. The molecule has 25 heavy (non-hydrogen) atoms. The topological polar surface area (TPSA) is 71.1 Å². The van der Waals surface area contributed by atoms with Gasteiger partial charge in [0.1, 0.15) is 11.6 Å². The number of nitrogens with zero attached hydrogens (tertiary/aromatic N) is 3. The molecule has 6 nitrogen and oxygen atoms in total. The molecule has 0 spiro atoms. The highest BCUT2D eigenvalue weighted by atomic mass is 16.5. The summed E-state index contributed by atoms with van der Waals surface area (Å²) in [6, 6.07) is 11.4. The predicted octanol–water partition coefficient (Wildman–Crippen LogP) is 3.00. The lowest BCUT2D eigenvalue weighted by Crippen LogP contribution is -2.24. The normalized spacial score (nSPS) is 17.1. The molecule has 1 aromatic carbocycles. The molecule has 3 aromatic rings. The summed E-state index contributed by atoms with van der Waals surface area (Å²) in [6.45, 7) is 0.583. The number of pyridine rings is 1. The van der Waals surface area contributed by atoms with E-state index in [1.165, 1.54) is 0 Å². The van der Waals surface area contributed by atoms with Gasteiger partial charge < -0.3 is 14.6 Å². The fraction of sp³-hybridized carbons (Fsp3) is 0.211. The number of methoxy groups -OCH3 is 1. The molecule has 1 aliphatic heterocycles. The van der Waals surface area contributed by atoms with Crippen LogP contribution in [-0.4, -0.2) is 34.5 Å². The van der Waals surface area contributed by atoms with Crippen molar-refractivity contribution < 1.29 is 9.53 Å². The van der Waals surface area contributed by atoms with Gasteiger partial charge in [-0.25, -0.2) is 4.98 Å². The van der Waals surface area contributed by atoms with E-state index in [4.69, 9.17) is 4.74 Å². The van der Waals surface area contributed by atoms with E-state index < -0.39 is 0 Å². The highest BCUT2D eigenvalue weighted by molar-refractivity contribution is 5.97. The van der Waals surface area contributed by atoms with E-state index in [0.717, 1.165) is 22.8 Å². The zero-order chi connectivity index (χ0) is 17.2. The number of H-pyrrole nitrogens is 1. The van der Waals surface area contributed by atoms with Crippen molar-refractivity contribution >= 4 is 11.6 Å². The quantitative estimate of drug-likeness (QED) is 0.796. The Morgan fingerprint density at radius 3 is 2.88 bits per heavy atom. The summed E-state index contributed by atoms with van der Waals surface area (Å²) in [5.41, 5.74) is 2.69. The van der Waals surface area contributed by atoms with Crippen LogP contribution in [0.1, 0.15) is 18.2 Å². The van der Waals surface area contributed by atoms with E-state index >= 15 is 0 Å². The van der Waals surface area contributed by atoms with Gasteiger partial charge in [-0.3, -0.25) is 9.78 Å². The van der Waals surface area contributed by atoms with Crippen molar-refractivity contribution in [2.75, 3.05) is 18.6 Å². The Kier molecular flexibility index (Phi) is 3.93. The first-order valence-corrected chi connectivity index (χ1v) is 8.15. The van der Waals surface area contributed by atoms with Crippen LogP contribution >= 0.6 is 0 Å². The molecule has 3 heterocycles. The molecule has 1 amide bonds. The minimum absolute atomic E-state index is 0.0304. The van der Waals surface area contributed by atoms with Crippen molar-refractivity contribution in [1.82, 2.24) is 15.0 Å². The molecule has 1 aliphatic rings. The van der Waals surface area contributed by atoms with Gasteiger partial charge in [-0.15, -0.1) is 0 Å². The second-order valence-corrected chi connectivity index (χ2v) is 6.00. The largest absolute Gasteiger partial charge is 0.495 e. The number of hydrogen-bond acceptors (Lipinski definition) is 4. The molecule has 126 valence electrons. The van der Waals surface area contributed by atoms with Gasteiger partial charge in [0.2, 0.25) is 5.91 Å². The standard InChI is InChI=1S/C19H18N4O2/c1-25-17-7-3-2-6-16(17)23-12-14(9-18(23)24)19-21-11-15(22-19)13-5-4-8-20-10-13/h2-8,10-11,14H,9,12H2,1H3,(H,21,22)/t14-/m0/s1. The first-order chi connectivity index (χ1) is 12.3. The van der Waals surface area contributed by atoms with Gasteiger partial charge in [0.25, 0.3) is 0 Å². The number of hydrogen-bond donors (Lipinski definition) is 1. The summed E-state index contributed by atoms with van der Waals surface area (Å²) < 4.78 is 5.38. The van der Waals surface area contributed by atoms with Gasteiger partial charge in [-0.05, 0) is 24.3 Å². The van der Waals surface area contributed by atoms with Crippen LogP contribution in [0.3, 0.4) is 0 Å². The SMILES string of the molecule is COc1ccccc1N1C[C@@H](c2ncc(-c3cccnc3)[nH]2)CC1=O. The molecule has 1 atom stereocenters. The molecule has 1 N–H and O–H groups in total. The fourth-order valence-electron chi connectivity index (χ4n) is 3.19. The van der Waals surface area contributed by atoms with Gasteiger partial charge in [-0.1, -0.05) is 12.1 Å². The summed E-state index contributed by atoms with van der Waals surface area (Å²) in [4.78, 5) is 26.2. The first kappa shape index (κ1) is 15.4. The van der Waals surface area contributed by atoms with E-state index in [9.17, 15) is 4.79 Å². The number of benzene rings is 1. The van der Waals surface area contributed by atoms with Crippen LogP contribution in [0.25, 0.3) is 11.3 Å². The molecule has 0 saturated carbocycles. The molecule has 0 radical (unpaired) electrons. The lowest BCUT2D eigenvalue weighted by molar-refractivity contribution is -0.117. The first-order valence-electron chi connectivity index (χ1n) is 8.15. The highest BCUT2D eigenvalue weighted by Crippen LogP contribution is 2.35. The van der Waals surface area contributed by atoms with Gasteiger partial charge in [0.05, 0.1) is 24.7 Å². The summed E-state index contributed by atoms with van der Waals surface area (Å²) in [5.74, 6) is 1.63.